The Kier molecular flexibility index (Phi) is 6.08. The van der Waals surface area contributed by atoms with E-state index in [4.69, 9.17) is 9.84 Å². The zero-order valence-corrected chi connectivity index (χ0v) is 18.8. The number of methoxy groups -OCH3 is 1. The largest absolute Gasteiger partial charge is 0.497 e. The van der Waals surface area contributed by atoms with Crippen LogP contribution in [0.1, 0.15) is 40.1 Å². The quantitative estimate of drug-likeness (QED) is 0.434. The number of rotatable bonds is 6. The summed E-state index contributed by atoms with van der Waals surface area (Å²) in [6, 6.07) is 25.4. The molecule has 1 N–H and O–H groups in total. The van der Waals surface area contributed by atoms with E-state index >= 15 is 0 Å². The fraction of sp³-hybridized carbons (Fsp3) is 0.185. The number of carbonyl (C=O) groups is 1. The number of benzene rings is 3. The molecule has 4 aromatic rings. The number of carbonyl (C=O) groups excluding carboxylic acids is 1. The smallest absolute Gasteiger partial charge is 0.270 e. The second-order valence-electron chi connectivity index (χ2n) is 7.95. The van der Waals surface area contributed by atoms with E-state index in [0.717, 1.165) is 33.7 Å². The van der Waals surface area contributed by atoms with Crippen molar-refractivity contribution in [3.05, 3.63) is 101 Å². The van der Waals surface area contributed by atoms with Gasteiger partial charge in [0.15, 0.2) is 0 Å². The molecular formula is C27H27N3O2. The van der Waals surface area contributed by atoms with Gasteiger partial charge in [-0.2, -0.15) is 5.10 Å². The summed E-state index contributed by atoms with van der Waals surface area (Å²) >= 11 is 0. The highest BCUT2D eigenvalue weighted by Crippen LogP contribution is 2.27. The van der Waals surface area contributed by atoms with Crippen LogP contribution in [0.5, 0.6) is 5.75 Å². The Balaban J connectivity index is 1.77. The van der Waals surface area contributed by atoms with E-state index < -0.39 is 0 Å². The van der Waals surface area contributed by atoms with Gasteiger partial charge in [-0.1, -0.05) is 60.2 Å². The molecule has 0 aliphatic heterocycles. The Labute approximate surface area is 188 Å². The van der Waals surface area contributed by atoms with Crippen molar-refractivity contribution in [1.29, 1.82) is 0 Å². The van der Waals surface area contributed by atoms with Crippen molar-refractivity contribution >= 4 is 5.91 Å². The Morgan fingerprint density at radius 2 is 1.75 bits per heavy atom. The highest BCUT2D eigenvalue weighted by molar-refractivity contribution is 5.94. The third kappa shape index (κ3) is 4.42. The van der Waals surface area contributed by atoms with Gasteiger partial charge in [0, 0.05) is 5.56 Å². The van der Waals surface area contributed by atoms with Gasteiger partial charge in [-0.3, -0.25) is 4.79 Å². The summed E-state index contributed by atoms with van der Waals surface area (Å²) in [4.78, 5) is 13.4. The molecule has 1 unspecified atom stereocenters. The molecule has 0 saturated heterocycles. The van der Waals surface area contributed by atoms with Gasteiger partial charge in [0.1, 0.15) is 11.4 Å². The number of amides is 1. The van der Waals surface area contributed by atoms with Crippen LogP contribution in [0.25, 0.3) is 16.9 Å². The topological polar surface area (TPSA) is 56.1 Å². The number of nitrogens with zero attached hydrogens (tertiary/aromatic N) is 2. The summed E-state index contributed by atoms with van der Waals surface area (Å²) < 4.78 is 7.10. The number of hydrogen-bond donors (Lipinski definition) is 1. The van der Waals surface area contributed by atoms with Gasteiger partial charge in [-0.05, 0) is 56.2 Å². The maximum absolute atomic E-state index is 13.4. The first-order valence-corrected chi connectivity index (χ1v) is 10.6. The van der Waals surface area contributed by atoms with Crippen molar-refractivity contribution in [2.24, 2.45) is 0 Å². The van der Waals surface area contributed by atoms with Gasteiger partial charge in [-0.15, -0.1) is 0 Å². The summed E-state index contributed by atoms with van der Waals surface area (Å²) in [5.41, 5.74) is 6.22. The van der Waals surface area contributed by atoms with Crippen LogP contribution >= 0.6 is 0 Å². The molecule has 5 heteroatoms. The maximum Gasteiger partial charge on any atom is 0.270 e. The molecule has 0 aliphatic rings. The third-order valence-electron chi connectivity index (χ3n) is 5.54. The Hall–Kier alpha value is -3.86. The zero-order valence-electron chi connectivity index (χ0n) is 18.8. The Bertz CT molecular complexity index is 1250. The summed E-state index contributed by atoms with van der Waals surface area (Å²) in [7, 11) is 1.64. The predicted molar refractivity (Wildman–Crippen MR) is 127 cm³/mol. The molecule has 3 aromatic carbocycles. The Morgan fingerprint density at radius 3 is 2.47 bits per heavy atom. The van der Waals surface area contributed by atoms with Crippen molar-refractivity contribution in [2.75, 3.05) is 7.11 Å². The summed E-state index contributed by atoms with van der Waals surface area (Å²) in [6.45, 7) is 6.06. The van der Waals surface area contributed by atoms with E-state index in [9.17, 15) is 4.79 Å². The van der Waals surface area contributed by atoms with Gasteiger partial charge in [0.05, 0.1) is 24.5 Å². The number of ether oxygens (including phenoxy) is 1. The average Bonchev–Trinajstić information content (AvgIpc) is 3.25. The molecule has 4 rings (SSSR count). The van der Waals surface area contributed by atoms with Crippen LogP contribution < -0.4 is 10.1 Å². The van der Waals surface area contributed by atoms with Gasteiger partial charge >= 0.3 is 0 Å². The van der Waals surface area contributed by atoms with E-state index in [1.54, 1.807) is 11.8 Å². The number of aryl methyl sites for hydroxylation is 2. The first kappa shape index (κ1) is 21.4. The van der Waals surface area contributed by atoms with Crippen molar-refractivity contribution < 1.29 is 9.53 Å². The van der Waals surface area contributed by atoms with E-state index in [0.29, 0.717) is 11.4 Å². The first-order valence-electron chi connectivity index (χ1n) is 10.6. The molecule has 1 amide bonds. The molecule has 162 valence electrons. The summed E-state index contributed by atoms with van der Waals surface area (Å²) in [5.74, 6) is 0.565. The minimum absolute atomic E-state index is 0.133. The molecule has 32 heavy (non-hydrogen) atoms. The standard InChI is InChI=1S/C27H27N3O2/c1-18-13-14-25(19(2)15-18)30-26(27(31)28-20(3)21-9-6-5-7-10-21)17-24(29-30)22-11-8-12-23(16-22)32-4/h5-17,20H,1-4H3,(H,28,31). The third-order valence-corrected chi connectivity index (χ3v) is 5.54. The van der Waals surface area contributed by atoms with Crippen molar-refractivity contribution in [2.45, 2.75) is 26.8 Å². The lowest BCUT2D eigenvalue weighted by Gasteiger charge is -2.15. The second-order valence-corrected chi connectivity index (χ2v) is 7.95. The van der Waals surface area contributed by atoms with Gasteiger partial charge in [-0.25, -0.2) is 4.68 Å². The normalized spacial score (nSPS) is 11.8. The highest BCUT2D eigenvalue weighted by atomic mass is 16.5. The van der Waals surface area contributed by atoms with Crippen LogP contribution in [0, 0.1) is 13.8 Å². The molecule has 0 radical (unpaired) electrons. The monoisotopic (exact) mass is 425 g/mol. The minimum Gasteiger partial charge on any atom is -0.497 e. The minimum atomic E-state index is -0.178. The van der Waals surface area contributed by atoms with Crippen LogP contribution in [0.2, 0.25) is 0 Å². The van der Waals surface area contributed by atoms with Gasteiger partial charge in [0.25, 0.3) is 5.91 Å². The molecule has 0 saturated carbocycles. The maximum atomic E-state index is 13.4. The molecule has 0 bridgehead atoms. The summed E-state index contributed by atoms with van der Waals surface area (Å²) in [5, 5.41) is 7.93. The average molecular weight is 426 g/mol. The van der Waals surface area contributed by atoms with E-state index in [-0.39, 0.29) is 11.9 Å². The number of nitrogens with one attached hydrogen (secondary N) is 1. The fourth-order valence-electron chi connectivity index (χ4n) is 3.79. The van der Waals surface area contributed by atoms with Crippen molar-refractivity contribution in [3.63, 3.8) is 0 Å². The van der Waals surface area contributed by atoms with Crippen LogP contribution in [0.4, 0.5) is 0 Å². The Morgan fingerprint density at radius 1 is 0.969 bits per heavy atom. The van der Waals surface area contributed by atoms with Crippen LogP contribution in [-0.2, 0) is 0 Å². The molecule has 1 aromatic heterocycles. The van der Waals surface area contributed by atoms with Crippen LogP contribution in [0.15, 0.2) is 78.9 Å². The van der Waals surface area contributed by atoms with Gasteiger partial charge in [0.2, 0.25) is 0 Å². The molecule has 0 fully saturated rings. The lowest BCUT2D eigenvalue weighted by Crippen LogP contribution is -2.28. The summed E-state index contributed by atoms with van der Waals surface area (Å²) in [6.07, 6.45) is 0. The van der Waals surface area contributed by atoms with Crippen LogP contribution in [-0.4, -0.2) is 22.8 Å². The van der Waals surface area contributed by atoms with Crippen molar-refractivity contribution in [3.8, 4) is 22.7 Å². The molecule has 5 nitrogen and oxygen atoms in total. The van der Waals surface area contributed by atoms with E-state index in [1.165, 1.54) is 0 Å². The SMILES string of the molecule is COc1cccc(-c2cc(C(=O)NC(C)c3ccccc3)n(-c3ccc(C)cc3C)n2)c1. The highest BCUT2D eigenvalue weighted by Gasteiger charge is 2.21. The van der Waals surface area contributed by atoms with E-state index in [2.05, 4.69) is 18.3 Å². The number of aromatic nitrogens is 2. The molecule has 0 aliphatic carbocycles. The lowest BCUT2D eigenvalue weighted by molar-refractivity contribution is 0.0932. The van der Waals surface area contributed by atoms with Crippen molar-refractivity contribution in [1.82, 2.24) is 15.1 Å². The first-order chi connectivity index (χ1) is 15.5. The van der Waals surface area contributed by atoms with Crippen LogP contribution in [0.3, 0.4) is 0 Å². The molecule has 1 heterocycles. The van der Waals surface area contributed by atoms with Gasteiger partial charge < -0.3 is 10.1 Å². The fourth-order valence-corrected chi connectivity index (χ4v) is 3.79. The number of hydrogen-bond acceptors (Lipinski definition) is 3. The lowest BCUT2D eigenvalue weighted by atomic mass is 10.1. The van der Waals surface area contributed by atoms with E-state index in [1.807, 2.05) is 86.6 Å². The molecule has 1 atom stereocenters. The zero-order chi connectivity index (χ0) is 22.7. The molecule has 0 spiro atoms. The predicted octanol–water partition coefficient (Wildman–Crippen LogP) is 5.66. The second kappa shape index (κ2) is 9.10. The molecular weight excluding hydrogens is 398 g/mol.